The second kappa shape index (κ2) is 5.70. The van der Waals surface area contributed by atoms with Crippen LogP contribution in [0.15, 0.2) is 36.5 Å². The van der Waals surface area contributed by atoms with E-state index in [2.05, 4.69) is 26.2 Å². The lowest BCUT2D eigenvalue weighted by Crippen LogP contribution is -2.43. The molecule has 0 unspecified atom stereocenters. The number of carbonyl (C=O) groups is 1. The molecule has 0 aliphatic rings. The lowest BCUT2D eigenvalue weighted by molar-refractivity contribution is 0.0913. The number of hydrogen-bond acceptors (Lipinski definition) is 2. The third kappa shape index (κ3) is 3.32. The van der Waals surface area contributed by atoms with Gasteiger partial charge in [0.15, 0.2) is 0 Å². The summed E-state index contributed by atoms with van der Waals surface area (Å²) in [6, 6.07) is 9.39. The molecule has 3 nitrogen and oxygen atoms in total. The highest BCUT2D eigenvalue weighted by atomic mass is 79.9. The molecule has 0 atom stereocenters. The molecular weight excluding hydrogens is 304 g/mol. The monoisotopic (exact) mass is 320 g/mol. The summed E-state index contributed by atoms with van der Waals surface area (Å²) in [4.78, 5) is 16.7. The molecule has 1 amide bonds. The number of nitrogens with one attached hydrogen (secondary N) is 1. The Balaban J connectivity index is 2.32. The number of pyridine rings is 1. The summed E-state index contributed by atoms with van der Waals surface area (Å²) in [6.45, 7) is 4.05. The van der Waals surface area contributed by atoms with Gasteiger partial charge >= 0.3 is 0 Å². The van der Waals surface area contributed by atoms with Gasteiger partial charge in [-0.05, 0) is 38.5 Å². The molecule has 0 fully saturated rings. The molecule has 1 N–H and O–H groups in total. The number of hydrogen-bond donors (Lipinski definition) is 1. The van der Waals surface area contributed by atoms with Crippen LogP contribution in [0.5, 0.6) is 0 Å². The van der Waals surface area contributed by atoms with Gasteiger partial charge < -0.3 is 5.32 Å². The number of fused-ring (bicyclic) bond motifs is 1. The van der Waals surface area contributed by atoms with Crippen LogP contribution < -0.4 is 5.32 Å². The number of nitrogens with zero attached hydrogens (tertiary/aromatic N) is 1. The van der Waals surface area contributed by atoms with Crippen LogP contribution in [0.2, 0.25) is 0 Å². The highest BCUT2D eigenvalue weighted by Gasteiger charge is 2.21. The van der Waals surface area contributed by atoms with Gasteiger partial charge in [-0.25, -0.2) is 0 Å². The van der Waals surface area contributed by atoms with Gasteiger partial charge in [-0.3, -0.25) is 9.78 Å². The Morgan fingerprint density at radius 1 is 1.32 bits per heavy atom. The fourth-order valence-corrected chi connectivity index (χ4v) is 2.97. The molecule has 4 heteroatoms. The van der Waals surface area contributed by atoms with Gasteiger partial charge in [-0.15, -0.1) is 0 Å². The van der Waals surface area contributed by atoms with E-state index >= 15 is 0 Å². The van der Waals surface area contributed by atoms with Crippen LogP contribution in [0.1, 0.15) is 30.6 Å². The third-order valence-electron chi connectivity index (χ3n) is 3.06. The Hall–Kier alpha value is -1.42. The Kier molecular flexibility index (Phi) is 4.20. The lowest BCUT2D eigenvalue weighted by atomic mass is 10.0. The summed E-state index contributed by atoms with van der Waals surface area (Å²) in [7, 11) is 0. The molecule has 19 heavy (non-hydrogen) atoms. The number of benzene rings is 1. The normalized spacial score (nSPS) is 11.5. The van der Waals surface area contributed by atoms with Crippen molar-refractivity contribution in [3.63, 3.8) is 0 Å². The maximum Gasteiger partial charge on any atom is 0.252 e. The van der Waals surface area contributed by atoms with Crippen LogP contribution in [0, 0.1) is 0 Å². The van der Waals surface area contributed by atoms with Gasteiger partial charge in [0.2, 0.25) is 0 Å². The van der Waals surface area contributed by atoms with Crippen molar-refractivity contribution in [3.05, 3.63) is 42.1 Å². The zero-order valence-corrected chi connectivity index (χ0v) is 12.7. The SMILES string of the molecule is CC(C)(CCBr)NC(=O)c1cccc2ncccc12. The molecule has 0 bridgehead atoms. The number of aromatic nitrogens is 1. The highest BCUT2D eigenvalue weighted by molar-refractivity contribution is 9.09. The first-order chi connectivity index (χ1) is 9.03. The van der Waals surface area contributed by atoms with Gasteiger partial charge in [0.05, 0.1) is 5.52 Å². The number of carbonyl (C=O) groups excluding carboxylic acids is 1. The minimum atomic E-state index is -0.231. The van der Waals surface area contributed by atoms with Crippen molar-refractivity contribution in [3.8, 4) is 0 Å². The zero-order chi connectivity index (χ0) is 13.9. The molecule has 1 heterocycles. The first kappa shape index (κ1) is 14.0. The highest BCUT2D eigenvalue weighted by Crippen LogP contribution is 2.18. The fourth-order valence-electron chi connectivity index (χ4n) is 1.97. The second-order valence-corrected chi connectivity index (χ2v) is 5.95. The van der Waals surface area contributed by atoms with Gasteiger partial charge in [-0.2, -0.15) is 0 Å². The van der Waals surface area contributed by atoms with Crippen molar-refractivity contribution >= 4 is 32.7 Å². The van der Waals surface area contributed by atoms with Crippen molar-refractivity contribution in [2.75, 3.05) is 5.33 Å². The Morgan fingerprint density at radius 2 is 2.11 bits per heavy atom. The van der Waals surface area contributed by atoms with Crippen molar-refractivity contribution < 1.29 is 4.79 Å². The molecule has 0 spiro atoms. The van der Waals surface area contributed by atoms with Gasteiger partial charge in [0, 0.05) is 28.0 Å². The van der Waals surface area contributed by atoms with Gasteiger partial charge in [0.1, 0.15) is 0 Å². The molecule has 0 aliphatic carbocycles. The number of halogens is 1. The van der Waals surface area contributed by atoms with E-state index in [1.54, 1.807) is 6.20 Å². The molecule has 1 aromatic heterocycles. The average molecular weight is 321 g/mol. The summed E-state index contributed by atoms with van der Waals surface area (Å²) >= 11 is 3.41. The number of amides is 1. The molecule has 2 rings (SSSR count). The Labute approximate surface area is 121 Å². The van der Waals surface area contributed by atoms with Gasteiger partial charge in [-0.1, -0.05) is 28.1 Å². The molecular formula is C15H17BrN2O. The second-order valence-electron chi connectivity index (χ2n) is 5.15. The van der Waals surface area contributed by atoms with Crippen LogP contribution in [0.25, 0.3) is 10.9 Å². The maximum absolute atomic E-state index is 12.4. The van der Waals surface area contributed by atoms with E-state index in [9.17, 15) is 4.79 Å². The zero-order valence-electron chi connectivity index (χ0n) is 11.1. The van der Waals surface area contributed by atoms with Crippen LogP contribution in [-0.2, 0) is 0 Å². The molecule has 0 saturated carbocycles. The van der Waals surface area contributed by atoms with Crippen molar-refractivity contribution in [2.45, 2.75) is 25.8 Å². The average Bonchev–Trinajstić information content (AvgIpc) is 2.37. The quantitative estimate of drug-likeness (QED) is 0.876. The van der Waals surface area contributed by atoms with Crippen molar-refractivity contribution in [2.24, 2.45) is 0 Å². The summed E-state index contributed by atoms with van der Waals surface area (Å²) in [6.07, 6.45) is 2.61. The largest absolute Gasteiger partial charge is 0.347 e. The van der Waals surface area contributed by atoms with E-state index in [-0.39, 0.29) is 11.4 Å². The number of rotatable bonds is 4. The van der Waals surface area contributed by atoms with Crippen LogP contribution in [0.4, 0.5) is 0 Å². The molecule has 0 aliphatic heterocycles. The van der Waals surface area contributed by atoms with E-state index in [0.29, 0.717) is 5.56 Å². The maximum atomic E-state index is 12.4. The van der Waals surface area contributed by atoms with E-state index in [4.69, 9.17) is 0 Å². The predicted octanol–water partition coefficient (Wildman–Crippen LogP) is 3.53. The molecule has 0 radical (unpaired) electrons. The van der Waals surface area contributed by atoms with E-state index in [1.165, 1.54) is 0 Å². The minimum Gasteiger partial charge on any atom is -0.347 e. The predicted molar refractivity (Wildman–Crippen MR) is 81.7 cm³/mol. The topological polar surface area (TPSA) is 42.0 Å². The Morgan fingerprint density at radius 3 is 2.84 bits per heavy atom. The summed E-state index contributed by atoms with van der Waals surface area (Å²) in [5, 5.41) is 4.81. The van der Waals surface area contributed by atoms with Crippen molar-refractivity contribution in [1.29, 1.82) is 0 Å². The molecule has 100 valence electrons. The van der Waals surface area contributed by atoms with Crippen LogP contribution >= 0.6 is 15.9 Å². The Bertz CT molecular complexity index is 590. The lowest BCUT2D eigenvalue weighted by Gasteiger charge is -2.25. The fraction of sp³-hybridized carbons (Fsp3) is 0.333. The molecule has 2 aromatic rings. The standard InChI is InChI=1S/C15H17BrN2O/c1-15(2,8-9-16)18-14(19)12-5-3-7-13-11(12)6-4-10-17-13/h3-7,10H,8-9H2,1-2H3,(H,18,19). The van der Waals surface area contributed by atoms with E-state index in [0.717, 1.165) is 22.7 Å². The van der Waals surface area contributed by atoms with Crippen molar-refractivity contribution in [1.82, 2.24) is 10.3 Å². The van der Waals surface area contributed by atoms with Crippen LogP contribution in [-0.4, -0.2) is 21.8 Å². The molecule has 0 saturated heterocycles. The number of alkyl halides is 1. The van der Waals surface area contributed by atoms with Crippen LogP contribution in [0.3, 0.4) is 0 Å². The van der Waals surface area contributed by atoms with E-state index in [1.807, 2.05) is 44.2 Å². The summed E-state index contributed by atoms with van der Waals surface area (Å²) in [5.74, 6) is -0.0513. The van der Waals surface area contributed by atoms with E-state index < -0.39 is 0 Å². The smallest absolute Gasteiger partial charge is 0.252 e. The minimum absolute atomic E-state index is 0.0513. The third-order valence-corrected chi connectivity index (χ3v) is 3.46. The summed E-state index contributed by atoms with van der Waals surface area (Å²) < 4.78 is 0. The summed E-state index contributed by atoms with van der Waals surface area (Å²) in [5.41, 5.74) is 1.28. The molecule has 1 aromatic carbocycles. The first-order valence-electron chi connectivity index (χ1n) is 6.26. The van der Waals surface area contributed by atoms with Gasteiger partial charge in [0.25, 0.3) is 5.91 Å². The first-order valence-corrected chi connectivity index (χ1v) is 7.38.